The van der Waals surface area contributed by atoms with Crippen molar-refractivity contribution >= 4 is 44.9 Å². The Balaban J connectivity index is 1.73. The summed E-state index contributed by atoms with van der Waals surface area (Å²) in [5, 5.41) is 2.89. The Morgan fingerprint density at radius 2 is 1.93 bits per heavy atom. The Kier molecular flexibility index (Phi) is 5.36. The summed E-state index contributed by atoms with van der Waals surface area (Å²) in [4.78, 5) is 55.6. The molecule has 0 saturated heterocycles. The Labute approximate surface area is 163 Å². The van der Waals surface area contributed by atoms with Crippen molar-refractivity contribution in [1.29, 1.82) is 0 Å². The van der Waals surface area contributed by atoms with E-state index in [-0.39, 0.29) is 16.2 Å². The van der Waals surface area contributed by atoms with Gasteiger partial charge >= 0.3 is 5.97 Å². The molecule has 28 heavy (non-hydrogen) atoms. The summed E-state index contributed by atoms with van der Waals surface area (Å²) in [5.74, 6) is -1.04. The van der Waals surface area contributed by atoms with Crippen LogP contribution in [-0.4, -0.2) is 34.2 Å². The number of amides is 1. The van der Waals surface area contributed by atoms with Gasteiger partial charge in [0, 0.05) is 5.56 Å². The zero-order valence-corrected chi connectivity index (χ0v) is 16.2. The van der Waals surface area contributed by atoms with Crippen molar-refractivity contribution < 1.29 is 19.1 Å². The third kappa shape index (κ3) is 3.84. The summed E-state index contributed by atoms with van der Waals surface area (Å²) in [6.45, 7) is 4.15. The molecule has 0 aliphatic heterocycles. The standard InChI is InChI=1S/C19H17N3O5S/c1-9-15-17(25)20-11(3)21-18(15)28-16(9)19(26)27-8-14(24)22-13-7-5-4-6-12(13)10(2)23/h4-7H,8H2,1-3H3,(H,22,24)(H,20,21,25). The molecule has 0 aliphatic rings. The zero-order chi connectivity index (χ0) is 20.4. The number of fused-ring (bicyclic) bond motifs is 1. The summed E-state index contributed by atoms with van der Waals surface area (Å²) >= 11 is 1.04. The number of benzene rings is 1. The fourth-order valence-electron chi connectivity index (χ4n) is 2.73. The number of esters is 1. The Morgan fingerprint density at radius 1 is 1.21 bits per heavy atom. The van der Waals surface area contributed by atoms with Crippen molar-refractivity contribution in [3.8, 4) is 0 Å². The highest BCUT2D eigenvalue weighted by Crippen LogP contribution is 2.27. The summed E-state index contributed by atoms with van der Waals surface area (Å²) in [6, 6.07) is 6.55. The van der Waals surface area contributed by atoms with Crippen molar-refractivity contribution in [2.75, 3.05) is 11.9 Å². The summed E-state index contributed by atoms with van der Waals surface area (Å²) < 4.78 is 5.08. The van der Waals surface area contributed by atoms with Crippen LogP contribution in [0.4, 0.5) is 5.69 Å². The van der Waals surface area contributed by atoms with Crippen molar-refractivity contribution in [3.05, 3.63) is 56.4 Å². The first-order valence-corrected chi connectivity index (χ1v) is 9.16. The topological polar surface area (TPSA) is 118 Å². The number of carbonyl (C=O) groups excluding carboxylic acids is 3. The molecule has 1 amide bonds. The van der Waals surface area contributed by atoms with Crippen LogP contribution in [0, 0.1) is 13.8 Å². The minimum atomic E-state index is -0.715. The van der Waals surface area contributed by atoms with E-state index in [1.807, 2.05) is 0 Å². The fourth-order valence-corrected chi connectivity index (χ4v) is 3.85. The Hall–Kier alpha value is -3.33. The van der Waals surface area contributed by atoms with E-state index in [4.69, 9.17) is 4.74 Å². The van der Waals surface area contributed by atoms with Crippen LogP contribution in [0.2, 0.25) is 0 Å². The average Bonchev–Trinajstić information content (AvgIpc) is 2.96. The minimum Gasteiger partial charge on any atom is -0.451 e. The van der Waals surface area contributed by atoms with Gasteiger partial charge in [0.1, 0.15) is 15.5 Å². The lowest BCUT2D eigenvalue weighted by Crippen LogP contribution is -2.22. The molecular weight excluding hydrogens is 382 g/mol. The predicted molar refractivity (Wildman–Crippen MR) is 105 cm³/mol. The van der Waals surface area contributed by atoms with E-state index in [1.54, 1.807) is 38.1 Å². The van der Waals surface area contributed by atoms with Crippen molar-refractivity contribution in [2.24, 2.45) is 0 Å². The van der Waals surface area contributed by atoms with Gasteiger partial charge in [0.25, 0.3) is 11.5 Å². The van der Waals surface area contributed by atoms with E-state index in [9.17, 15) is 19.2 Å². The molecule has 0 fully saturated rings. The number of aryl methyl sites for hydroxylation is 2. The molecule has 8 nitrogen and oxygen atoms in total. The molecule has 3 rings (SSSR count). The summed E-state index contributed by atoms with van der Waals surface area (Å²) in [6.07, 6.45) is 0. The van der Waals surface area contributed by atoms with Gasteiger partial charge in [-0.15, -0.1) is 11.3 Å². The van der Waals surface area contributed by atoms with Gasteiger partial charge in [0.05, 0.1) is 11.1 Å². The van der Waals surface area contributed by atoms with E-state index < -0.39 is 18.5 Å². The van der Waals surface area contributed by atoms with Gasteiger partial charge in [0.15, 0.2) is 12.4 Å². The number of hydrogen-bond acceptors (Lipinski definition) is 7. The molecule has 0 radical (unpaired) electrons. The van der Waals surface area contributed by atoms with Crippen LogP contribution in [0.5, 0.6) is 0 Å². The number of thiophene rings is 1. The SMILES string of the molecule is CC(=O)c1ccccc1NC(=O)COC(=O)c1sc2nc(C)[nH]c(=O)c2c1C. The van der Waals surface area contributed by atoms with Crippen LogP contribution in [0.15, 0.2) is 29.1 Å². The number of Topliss-reactive ketones (excluding diaryl/α,β-unsaturated/α-hetero) is 1. The number of nitrogens with one attached hydrogen (secondary N) is 2. The van der Waals surface area contributed by atoms with Gasteiger partial charge in [0.2, 0.25) is 0 Å². The van der Waals surface area contributed by atoms with Crippen LogP contribution in [0.3, 0.4) is 0 Å². The maximum atomic E-state index is 12.4. The first kappa shape index (κ1) is 19.4. The quantitative estimate of drug-likeness (QED) is 0.503. The number of nitrogens with zero attached hydrogens (tertiary/aromatic N) is 1. The molecule has 9 heteroatoms. The highest BCUT2D eigenvalue weighted by molar-refractivity contribution is 7.20. The maximum Gasteiger partial charge on any atom is 0.349 e. The van der Waals surface area contributed by atoms with E-state index in [2.05, 4.69) is 15.3 Å². The second-order valence-corrected chi connectivity index (χ2v) is 7.11. The number of aromatic amines is 1. The van der Waals surface area contributed by atoms with Crippen molar-refractivity contribution in [3.63, 3.8) is 0 Å². The summed E-state index contributed by atoms with van der Waals surface area (Å²) in [7, 11) is 0. The molecular formula is C19H17N3O5S. The largest absolute Gasteiger partial charge is 0.451 e. The van der Waals surface area contributed by atoms with Gasteiger partial charge in [-0.25, -0.2) is 9.78 Å². The molecule has 0 bridgehead atoms. The molecule has 3 aromatic rings. The van der Waals surface area contributed by atoms with Crippen LogP contribution >= 0.6 is 11.3 Å². The van der Waals surface area contributed by atoms with Gasteiger partial charge in [-0.05, 0) is 38.5 Å². The molecule has 2 heterocycles. The first-order valence-electron chi connectivity index (χ1n) is 8.35. The lowest BCUT2D eigenvalue weighted by Gasteiger charge is -2.09. The van der Waals surface area contributed by atoms with Gasteiger partial charge in [-0.3, -0.25) is 14.4 Å². The number of anilines is 1. The third-order valence-electron chi connectivity index (χ3n) is 4.02. The molecule has 0 aliphatic carbocycles. The van der Waals surface area contributed by atoms with E-state index in [1.165, 1.54) is 6.92 Å². The van der Waals surface area contributed by atoms with Crippen LogP contribution < -0.4 is 10.9 Å². The molecule has 0 saturated carbocycles. The van der Waals surface area contributed by atoms with Crippen molar-refractivity contribution in [2.45, 2.75) is 20.8 Å². The lowest BCUT2D eigenvalue weighted by atomic mass is 10.1. The monoisotopic (exact) mass is 399 g/mol. The number of ketones is 1. The molecule has 2 N–H and O–H groups in total. The molecule has 144 valence electrons. The Morgan fingerprint density at radius 3 is 2.64 bits per heavy atom. The minimum absolute atomic E-state index is 0.193. The van der Waals surface area contributed by atoms with E-state index >= 15 is 0 Å². The highest BCUT2D eigenvalue weighted by atomic mass is 32.1. The number of H-pyrrole nitrogens is 1. The second-order valence-electron chi connectivity index (χ2n) is 6.11. The predicted octanol–water partition coefficient (Wildman–Crippen LogP) is 2.60. The number of hydrogen-bond donors (Lipinski definition) is 2. The number of rotatable bonds is 5. The van der Waals surface area contributed by atoms with Crippen LogP contribution in [-0.2, 0) is 9.53 Å². The molecule has 0 atom stereocenters. The molecule has 2 aromatic heterocycles. The number of aromatic nitrogens is 2. The van der Waals surface area contributed by atoms with Gasteiger partial charge < -0.3 is 15.0 Å². The smallest absolute Gasteiger partial charge is 0.349 e. The van der Waals surface area contributed by atoms with Gasteiger partial charge in [-0.1, -0.05) is 12.1 Å². The van der Waals surface area contributed by atoms with E-state index in [0.717, 1.165) is 11.3 Å². The molecule has 1 aromatic carbocycles. The van der Waals surface area contributed by atoms with Gasteiger partial charge in [-0.2, -0.15) is 0 Å². The first-order chi connectivity index (χ1) is 13.3. The second kappa shape index (κ2) is 7.73. The van der Waals surface area contributed by atoms with Crippen LogP contribution in [0.1, 0.15) is 38.3 Å². The Bertz CT molecular complexity index is 1160. The molecule has 0 spiro atoms. The number of ether oxygens (including phenoxy) is 1. The third-order valence-corrected chi connectivity index (χ3v) is 5.18. The highest BCUT2D eigenvalue weighted by Gasteiger charge is 2.21. The van der Waals surface area contributed by atoms with Crippen molar-refractivity contribution in [1.82, 2.24) is 9.97 Å². The summed E-state index contributed by atoms with van der Waals surface area (Å²) in [5.41, 5.74) is 0.846. The fraction of sp³-hybridized carbons (Fsp3) is 0.211. The van der Waals surface area contributed by atoms with Crippen LogP contribution in [0.25, 0.3) is 10.2 Å². The number of carbonyl (C=O) groups is 3. The lowest BCUT2D eigenvalue weighted by molar-refractivity contribution is -0.119. The maximum absolute atomic E-state index is 12.4. The van der Waals surface area contributed by atoms with E-state index in [0.29, 0.717) is 32.9 Å². The zero-order valence-electron chi connectivity index (χ0n) is 15.4. The number of para-hydroxylation sites is 1. The average molecular weight is 399 g/mol. The normalized spacial score (nSPS) is 10.7. The molecule has 0 unspecified atom stereocenters.